The minimum Gasteiger partial charge on any atom is -0.458 e. The molecule has 4 atom stereocenters. The quantitative estimate of drug-likeness (QED) is 0.479. The summed E-state index contributed by atoms with van der Waals surface area (Å²) >= 11 is 0. The predicted molar refractivity (Wildman–Crippen MR) is 94.6 cm³/mol. The molecule has 0 heterocycles. The fourth-order valence-electron chi connectivity index (χ4n) is 1.80. The zero-order valence-corrected chi connectivity index (χ0v) is 16.1. The van der Waals surface area contributed by atoms with Crippen molar-refractivity contribution in [1.82, 2.24) is 0 Å². The summed E-state index contributed by atoms with van der Waals surface area (Å²) in [4.78, 5) is 46.9. The Morgan fingerprint density at radius 1 is 0.750 bits per heavy atom. The highest BCUT2D eigenvalue weighted by Crippen LogP contribution is 2.07. The maximum atomic E-state index is 12.0. The van der Waals surface area contributed by atoms with Gasteiger partial charge < -0.3 is 24.1 Å². The fourth-order valence-corrected chi connectivity index (χ4v) is 1.80. The number of benzene rings is 1. The number of aliphatic hydroxyl groups is 1. The van der Waals surface area contributed by atoms with Crippen molar-refractivity contribution < 1.29 is 43.2 Å². The van der Waals surface area contributed by atoms with E-state index in [1.807, 2.05) is 6.07 Å². The molecule has 154 valence electrons. The highest BCUT2D eigenvalue weighted by Gasteiger charge is 2.29. The van der Waals surface area contributed by atoms with E-state index in [9.17, 15) is 19.2 Å². The molecule has 1 aromatic carbocycles. The smallest absolute Gasteiger partial charge is 0.347 e. The van der Waals surface area contributed by atoms with Gasteiger partial charge >= 0.3 is 23.9 Å². The largest absolute Gasteiger partial charge is 0.458 e. The molecular formula is C19H24O9. The summed E-state index contributed by atoms with van der Waals surface area (Å²) in [6.45, 7) is 5.00. The molecule has 0 fully saturated rings. The average molecular weight is 396 g/mol. The van der Waals surface area contributed by atoms with Crippen LogP contribution < -0.4 is 0 Å². The molecule has 0 bridgehead atoms. The van der Waals surface area contributed by atoms with Crippen LogP contribution in [-0.4, -0.2) is 53.4 Å². The number of aliphatic hydroxyl groups excluding tert-OH is 1. The lowest BCUT2D eigenvalue weighted by Crippen LogP contribution is -2.37. The number of esters is 4. The minimum absolute atomic E-state index is 0.0261. The van der Waals surface area contributed by atoms with Gasteiger partial charge in [-0.3, -0.25) is 0 Å². The van der Waals surface area contributed by atoms with Gasteiger partial charge in [-0.1, -0.05) is 30.3 Å². The topological polar surface area (TPSA) is 125 Å². The van der Waals surface area contributed by atoms with E-state index in [0.29, 0.717) is 0 Å². The number of hydrogen-bond donors (Lipinski definition) is 1. The molecule has 1 aromatic rings. The van der Waals surface area contributed by atoms with E-state index < -0.39 is 48.3 Å². The van der Waals surface area contributed by atoms with Crippen molar-refractivity contribution in [3.05, 3.63) is 35.9 Å². The minimum atomic E-state index is -1.40. The van der Waals surface area contributed by atoms with Gasteiger partial charge in [0, 0.05) is 0 Å². The first kappa shape index (κ1) is 23.1. The van der Waals surface area contributed by atoms with Gasteiger partial charge in [0.05, 0.1) is 0 Å². The Bertz CT molecular complexity index is 684. The number of carbonyl (C=O) groups is 4. The fraction of sp³-hybridized carbons (Fsp3) is 0.474. The van der Waals surface area contributed by atoms with Crippen LogP contribution in [0.3, 0.4) is 0 Å². The van der Waals surface area contributed by atoms with Crippen molar-refractivity contribution >= 4 is 23.9 Å². The first-order chi connectivity index (χ1) is 13.1. The van der Waals surface area contributed by atoms with Crippen molar-refractivity contribution in [1.29, 1.82) is 0 Å². The van der Waals surface area contributed by atoms with Crippen LogP contribution in [0.15, 0.2) is 30.3 Å². The number of rotatable bonds is 9. The first-order valence-electron chi connectivity index (χ1n) is 8.62. The third-order valence-electron chi connectivity index (χ3n) is 3.44. The first-order valence-corrected chi connectivity index (χ1v) is 8.62. The molecule has 0 saturated heterocycles. The Morgan fingerprint density at radius 3 is 1.64 bits per heavy atom. The van der Waals surface area contributed by atoms with Crippen molar-refractivity contribution in [2.45, 2.75) is 58.7 Å². The highest BCUT2D eigenvalue weighted by atomic mass is 16.6. The third kappa shape index (κ3) is 7.75. The van der Waals surface area contributed by atoms with E-state index in [0.717, 1.165) is 5.56 Å². The maximum absolute atomic E-state index is 12.0. The zero-order valence-electron chi connectivity index (χ0n) is 16.1. The molecular weight excluding hydrogens is 372 g/mol. The van der Waals surface area contributed by atoms with Gasteiger partial charge in [-0.05, 0) is 33.3 Å². The molecule has 0 aliphatic carbocycles. The molecule has 0 radical (unpaired) electrons. The van der Waals surface area contributed by atoms with Gasteiger partial charge in [0.2, 0.25) is 0 Å². The molecule has 0 aliphatic heterocycles. The molecule has 9 heteroatoms. The van der Waals surface area contributed by atoms with E-state index in [2.05, 4.69) is 4.74 Å². The van der Waals surface area contributed by atoms with Crippen LogP contribution in [-0.2, 0) is 44.7 Å². The van der Waals surface area contributed by atoms with Crippen LogP contribution in [0.5, 0.6) is 0 Å². The molecule has 4 unspecified atom stereocenters. The van der Waals surface area contributed by atoms with Gasteiger partial charge in [0.25, 0.3) is 0 Å². The van der Waals surface area contributed by atoms with Crippen molar-refractivity contribution in [3.63, 3.8) is 0 Å². The predicted octanol–water partition coefficient (Wildman–Crippen LogP) is 0.906. The summed E-state index contributed by atoms with van der Waals surface area (Å²) in [5, 5.41) is 9.04. The molecule has 0 aromatic heterocycles. The Labute approximate surface area is 162 Å². The second-order valence-corrected chi connectivity index (χ2v) is 6.01. The molecule has 0 spiro atoms. The molecule has 0 saturated carbocycles. The van der Waals surface area contributed by atoms with Crippen LogP contribution >= 0.6 is 0 Å². The summed E-state index contributed by atoms with van der Waals surface area (Å²) in [5.41, 5.74) is 0.775. The van der Waals surface area contributed by atoms with E-state index in [-0.39, 0.29) is 6.61 Å². The van der Waals surface area contributed by atoms with Crippen molar-refractivity contribution in [2.75, 3.05) is 0 Å². The number of hydrogen-bond acceptors (Lipinski definition) is 9. The number of carbonyl (C=O) groups excluding carboxylic acids is 4. The van der Waals surface area contributed by atoms with Gasteiger partial charge in [-0.15, -0.1) is 0 Å². The summed E-state index contributed by atoms with van der Waals surface area (Å²) in [6.07, 6.45) is -5.28. The molecule has 0 amide bonds. The van der Waals surface area contributed by atoms with Crippen LogP contribution in [0.2, 0.25) is 0 Å². The van der Waals surface area contributed by atoms with Crippen LogP contribution in [0.1, 0.15) is 33.3 Å². The van der Waals surface area contributed by atoms with Gasteiger partial charge in [0.15, 0.2) is 18.3 Å². The Hall–Kier alpha value is -2.94. The Balaban J connectivity index is 2.44. The third-order valence-corrected chi connectivity index (χ3v) is 3.44. The van der Waals surface area contributed by atoms with Crippen molar-refractivity contribution in [3.8, 4) is 0 Å². The summed E-state index contributed by atoms with van der Waals surface area (Å²) in [5.74, 6) is -3.73. The van der Waals surface area contributed by atoms with E-state index in [1.165, 1.54) is 27.7 Å². The lowest BCUT2D eigenvalue weighted by Gasteiger charge is -2.18. The molecule has 1 rings (SSSR count). The summed E-state index contributed by atoms with van der Waals surface area (Å²) in [7, 11) is 0. The van der Waals surface area contributed by atoms with Crippen LogP contribution in [0, 0.1) is 0 Å². The highest BCUT2D eigenvalue weighted by molar-refractivity contribution is 5.85. The SMILES string of the molecule is CC(O)C(=O)OC(C)C(=O)OC(C)C(=O)OC(C)C(=O)OCc1ccccc1. The second-order valence-electron chi connectivity index (χ2n) is 6.01. The summed E-state index contributed by atoms with van der Waals surface area (Å²) in [6, 6.07) is 8.96. The van der Waals surface area contributed by atoms with Crippen LogP contribution in [0.4, 0.5) is 0 Å². The maximum Gasteiger partial charge on any atom is 0.347 e. The normalized spacial score (nSPS) is 14.8. The Morgan fingerprint density at radius 2 is 1.18 bits per heavy atom. The lowest BCUT2D eigenvalue weighted by molar-refractivity contribution is -0.183. The molecule has 0 aliphatic rings. The summed E-state index contributed by atoms with van der Waals surface area (Å²) < 4.78 is 19.5. The van der Waals surface area contributed by atoms with E-state index in [1.54, 1.807) is 24.3 Å². The van der Waals surface area contributed by atoms with E-state index >= 15 is 0 Å². The molecule has 9 nitrogen and oxygen atoms in total. The van der Waals surface area contributed by atoms with Gasteiger partial charge in [-0.2, -0.15) is 0 Å². The standard InChI is InChI=1S/C19H24O9/c1-11(20)16(21)26-13(3)18(23)28-14(4)19(24)27-12(2)17(22)25-10-15-8-6-5-7-9-15/h5-9,11-14,20H,10H2,1-4H3. The van der Waals surface area contributed by atoms with Crippen LogP contribution in [0.25, 0.3) is 0 Å². The number of ether oxygens (including phenoxy) is 4. The second kappa shape index (κ2) is 11.0. The Kier molecular flexibility index (Phi) is 9.10. The zero-order chi connectivity index (χ0) is 21.3. The van der Waals surface area contributed by atoms with E-state index in [4.69, 9.17) is 19.3 Å². The van der Waals surface area contributed by atoms with Gasteiger partial charge in [0.1, 0.15) is 12.7 Å². The molecule has 1 N–H and O–H groups in total. The average Bonchev–Trinajstić information content (AvgIpc) is 2.66. The van der Waals surface area contributed by atoms with Crippen molar-refractivity contribution in [2.24, 2.45) is 0 Å². The van der Waals surface area contributed by atoms with Gasteiger partial charge in [-0.25, -0.2) is 19.2 Å². The monoisotopic (exact) mass is 396 g/mol. The molecule has 28 heavy (non-hydrogen) atoms. The lowest BCUT2D eigenvalue weighted by atomic mass is 10.2.